The molecule has 0 fully saturated rings. The van der Waals surface area contributed by atoms with Crippen molar-refractivity contribution in [1.29, 1.82) is 0 Å². The first-order valence-corrected chi connectivity index (χ1v) is 17.4. The number of aromatic nitrogens is 1. The number of fused-ring (bicyclic) bond motifs is 6. The van der Waals surface area contributed by atoms with Crippen LogP contribution in [0.15, 0.2) is 158 Å². The fourth-order valence-electron chi connectivity index (χ4n) is 7.06. The third kappa shape index (κ3) is 4.26. The molecule has 0 spiro atoms. The molecular formula is C43H26N2S2. The maximum atomic E-state index is 5.20. The second kappa shape index (κ2) is 10.5. The number of hydrogen-bond donors (Lipinski definition) is 0. The zero-order valence-corrected chi connectivity index (χ0v) is 26.9. The molecule has 0 atom stereocenters. The van der Waals surface area contributed by atoms with Crippen LogP contribution in [0.25, 0.3) is 74.3 Å². The van der Waals surface area contributed by atoms with Crippen LogP contribution in [0.4, 0.5) is 17.1 Å². The Balaban J connectivity index is 1.20. The SMILES string of the molecule is c1ccc(-c2cccc(N(c3cc4c5c(cccc5c3)-c3nc(-c5ccccc5)sc3-4)c3ccc4c(c3)sc3ccccc34)c2)cc1. The van der Waals surface area contributed by atoms with E-state index in [1.54, 1.807) is 11.3 Å². The summed E-state index contributed by atoms with van der Waals surface area (Å²) in [7, 11) is 0. The summed E-state index contributed by atoms with van der Waals surface area (Å²) in [4.78, 5) is 8.87. The normalized spacial score (nSPS) is 11.8. The summed E-state index contributed by atoms with van der Waals surface area (Å²) in [5.41, 5.74) is 10.5. The third-order valence-electron chi connectivity index (χ3n) is 9.20. The molecule has 0 aliphatic heterocycles. The van der Waals surface area contributed by atoms with Crippen LogP contribution < -0.4 is 4.90 Å². The smallest absolute Gasteiger partial charge is 0.124 e. The molecule has 0 saturated heterocycles. The number of nitrogens with zero attached hydrogens (tertiary/aromatic N) is 2. The molecular weight excluding hydrogens is 609 g/mol. The highest BCUT2D eigenvalue weighted by molar-refractivity contribution is 7.25. The van der Waals surface area contributed by atoms with Gasteiger partial charge in [-0.25, -0.2) is 4.98 Å². The average Bonchev–Trinajstić information content (AvgIpc) is 3.82. The van der Waals surface area contributed by atoms with E-state index in [4.69, 9.17) is 4.98 Å². The molecule has 47 heavy (non-hydrogen) atoms. The fourth-order valence-corrected chi connectivity index (χ4v) is 9.31. The maximum absolute atomic E-state index is 5.20. The molecule has 0 amide bonds. The van der Waals surface area contributed by atoms with Gasteiger partial charge in [0.1, 0.15) is 5.01 Å². The van der Waals surface area contributed by atoms with E-state index in [9.17, 15) is 0 Å². The molecule has 4 heteroatoms. The van der Waals surface area contributed by atoms with Crippen molar-refractivity contribution in [3.05, 3.63) is 158 Å². The lowest BCUT2D eigenvalue weighted by atomic mass is 10.0. The third-order valence-corrected chi connectivity index (χ3v) is 11.5. The number of hydrogen-bond acceptors (Lipinski definition) is 4. The predicted molar refractivity (Wildman–Crippen MR) is 202 cm³/mol. The van der Waals surface area contributed by atoms with Crippen molar-refractivity contribution in [2.75, 3.05) is 4.90 Å². The summed E-state index contributed by atoms with van der Waals surface area (Å²) >= 11 is 3.65. The van der Waals surface area contributed by atoms with Crippen LogP contribution in [0.2, 0.25) is 0 Å². The molecule has 2 nitrogen and oxygen atoms in total. The van der Waals surface area contributed by atoms with Gasteiger partial charge in [-0.1, -0.05) is 115 Å². The Morgan fingerprint density at radius 3 is 2.04 bits per heavy atom. The number of thiazole rings is 1. The van der Waals surface area contributed by atoms with Crippen LogP contribution in [-0.2, 0) is 0 Å². The van der Waals surface area contributed by atoms with Gasteiger partial charge in [-0.2, -0.15) is 0 Å². The molecule has 2 heterocycles. The molecule has 0 bridgehead atoms. The zero-order valence-electron chi connectivity index (χ0n) is 25.2. The highest BCUT2D eigenvalue weighted by atomic mass is 32.1. The van der Waals surface area contributed by atoms with Gasteiger partial charge in [0, 0.05) is 53.9 Å². The van der Waals surface area contributed by atoms with Gasteiger partial charge in [-0.15, -0.1) is 22.7 Å². The molecule has 1 aliphatic carbocycles. The van der Waals surface area contributed by atoms with E-state index < -0.39 is 0 Å². The summed E-state index contributed by atoms with van der Waals surface area (Å²) in [6.07, 6.45) is 0. The average molecular weight is 635 g/mol. The van der Waals surface area contributed by atoms with Crippen molar-refractivity contribution in [1.82, 2.24) is 4.98 Å². The van der Waals surface area contributed by atoms with Gasteiger partial charge < -0.3 is 4.90 Å². The van der Waals surface area contributed by atoms with E-state index in [-0.39, 0.29) is 0 Å². The lowest BCUT2D eigenvalue weighted by Gasteiger charge is -2.27. The predicted octanol–water partition coefficient (Wildman–Crippen LogP) is 13.1. The molecule has 2 aromatic heterocycles. The minimum Gasteiger partial charge on any atom is -0.310 e. The highest BCUT2D eigenvalue weighted by Gasteiger charge is 2.28. The van der Waals surface area contributed by atoms with Crippen LogP contribution in [-0.4, -0.2) is 4.98 Å². The zero-order chi connectivity index (χ0) is 30.9. The van der Waals surface area contributed by atoms with E-state index >= 15 is 0 Å². The molecule has 7 aromatic carbocycles. The first-order valence-electron chi connectivity index (χ1n) is 15.8. The van der Waals surface area contributed by atoms with Crippen LogP contribution in [0.5, 0.6) is 0 Å². The van der Waals surface area contributed by atoms with Crippen molar-refractivity contribution in [3.8, 4) is 43.4 Å². The Bertz CT molecular complexity index is 2630. The summed E-state index contributed by atoms with van der Waals surface area (Å²) in [6, 6.07) is 57.1. The van der Waals surface area contributed by atoms with Crippen LogP contribution in [0.1, 0.15) is 0 Å². The quantitative estimate of drug-likeness (QED) is 0.187. The number of thiophene rings is 1. The van der Waals surface area contributed by atoms with Gasteiger partial charge in [0.15, 0.2) is 0 Å². The molecule has 0 saturated carbocycles. The van der Waals surface area contributed by atoms with Crippen molar-refractivity contribution in [3.63, 3.8) is 0 Å². The van der Waals surface area contributed by atoms with Crippen LogP contribution in [0.3, 0.4) is 0 Å². The molecule has 220 valence electrons. The van der Waals surface area contributed by atoms with Crippen molar-refractivity contribution in [2.24, 2.45) is 0 Å². The van der Waals surface area contributed by atoms with Crippen molar-refractivity contribution < 1.29 is 0 Å². The van der Waals surface area contributed by atoms with Gasteiger partial charge in [0.05, 0.1) is 10.6 Å². The molecule has 1 aliphatic rings. The van der Waals surface area contributed by atoms with E-state index in [2.05, 4.69) is 163 Å². The van der Waals surface area contributed by atoms with Gasteiger partial charge in [-0.05, 0) is 64.4 Å². The largest absolute Gasteiger partial charge is 0.310 e. The van der Waals surface area contributed by atoms with Crippen molar-refractivity contribution >= 4 is 70.7 Å². The fraction of sp³-hybridized carbons (Fsp3) is 0. The van der Waals surface area contributed by atoms with E-state index in [1.165, 1.54) is 58.1 Å². The highest BCUT2D eigenvalue weighted by Crippen LogP contribution is 2.53. The van der Waals surface area contributed by atoms with Gasteiger partial charge in [0.25, 0.3) is 0 Å². The van der Waals surface area contributed by atoms with Crippen LogP contribution in [0, 0.1) is 0 Å². The Kier molecular flexibility index (Phi) is 5.95. The maximum Gasteiger partial charge on any atom is 0.124 e. The first kappa shape index (κ1) is 26.6. The molecule has 9 aromatic rings. The minimum absolute atomic E-state index is 1.06. The standard InChI is InChI=1S/C43H26N2S2/c1-3-11-27(12-4-1)29-15-9-17-31(23-29)45(32-21-22-35-34-18-7-8-20-38(34)46-39(35)26-32)33-24-30-16-10-19-36-40(30)37(25-33)42-41(36)44-43(47-42)28-13-5-2-6-14-28/h1-26H. The van der Waals surface area contributed by atoms with Crippen LogP contribution >= 0.6 is 22.7 Å². The lowest BCUT2D eigenvalue weighted by molar-refractivity contribution is 1.30. The summed E-state index contributed by atoms with van der Waals surface area (Å²) in [5.74, 6) is 0. The first-order chi connectivity index (χ1) is 23.3. The number of anilines is 3. The van der Waals surface area contributed by atoms with E-state index in [0.29, 0.717) is 0 Å². The molecule has 0 unspecified atom stereocenters. The minimum atomic E-state index is 1.06. The van der Waals surface area contributed by atoms with E-state index in [0.717, 1.165) is 33.3 Å². The monoisotopic (exact) mass is 634 g/mol. The van der Waals surface area contributed by atoms with Crippen molar-refractivity contribution in [2.45, 2.75) is 0 Å². The van der Waals surface area contributed by atoms with Gasteiger partial charge in [0.2, 0.25) is 0 Å². The summed E-state index contributed by atoms with van der Waals surface area (Å²) in [6.45, 7) is 0. The number of benzene rings is 7. The van der Waals surface area contributed by atoms with Gasteiger partial charge in [-0.3, -0.25) is 0 Å². The lowest BCUT2D eigenvalue weighted by Crippen LogP contribution is -2.10. The second-order valence-corrected chi connectivity index (χ2v) is 14.1. The molecule has 0 N–H and O–H groups in total. The Morgan fingerprint density at radius 1 is 0.447 bits per heavy atom. The Labute approximate surface area is 280 Å². The topological polar surface area (TPSA) is 16.1 Å². The number of rotatable bonds is 5. The molecule has 10 rings (SSSR count). The van der Waals surface area contributed by atoms with Gasteiger partial charge >= 0.3 is 0 Å². The Morgan fingerprint density at radius 2 is 1.17 bits per heavy atom. The second-order valence-electron chi connectivity index (χ2n) is 12.0. The molecule has 0 radical (unpaired) electrons. The Hall–Kier alpha value is -5.55. The summed E-state index contributed by atoms with van der Waals surface area (Å²) < 4.78 is 2.61. The summed E-state index contributed by atoms with van der Waals surface area (Å²) in [5, 5.41) is 6.20. The van der Waals surface area contributed by atoms with E-state index in [1.807, 2.05) is 11.3 Å².